The van der Waals surface area contributed by atoms with Crippen LogP contribution in [0.1, 0.15) is 50.5 Å². The molecule has 0 bridgehead atoms. The lowest BCUT2D eigenvalue weighted by atomic mass is 10.0. The maximum absolute atomic E-state index is 11.8. The fourth-order valence-electron chi connectivity index (χ4n) is 2.37. The number of ketones is 1. The Hall–Kier alpha value is -1.15. The quantitative estimate of drug-likeness (QED) is 0.471. The van der Waals surface area contributed by atoms with E-state index >= 15 is 0 Å². The highest BCUT2D eigenvalue weighted by atomic mass is 16.6. The van der Waals surface area contributed by atoms with Crippen molar-refractivity contribution in [3.8, 4) is 0 Å². The first-order chi connectivity index (χ1) is 9.34. The van der Waals surface area contributed by atoms with Crippen LogP contribution in [0.25, 0.3) is 0 Å². The SMILES string of the molecule is O=C(CCCCCCCC1CO1)Cc1ccccc1. The van der Waals surface area contributed by atoms with Crippen LogP contribution in [0.2, 0.25) is 0 Å². The van der Waals surface area contributed by atoms with Crippen molar-refractivity contribution in [2.75, 3.05) is 6.61 Å². The Kier molecular flexibility index (Phi) is 6.09. The lowest BCUT2D eigenvalue weighted by Gasteiger charge is -2.02. The predicted octanol–water partition coefficient (Wildman–Crippen LogP) is 3.93. The molecule has 1 aromatic rings. The van der Waals surface area contributed by atoms with E-state index in [1.54, 1.807) is 0 Å². The molecule has 1 heterocycles. The van der Waals surface area contributed by atoms with Gasteiger partial charge in [-0.1, -0.05) is 56.0 Å². The summed E-state index contributed by atoms with van der Waals surface area (Å²) in [7, 11) is 0. The molecule has 1 fully saturated rings. The Bertz CT molecular complexity index is 368. The van der Waals surface area contributed by atoms with Crippen LogP contribution in [-0.4, -0.2) is 18.5 Å². The number of epoxide rings is 1. The summed E-state index contributed by atoms with van der Waals surface area (Å²) in [4.78, 5) is 11.8. The molecule has 104 valence electrons. The number of hydrogen-bond donors (Lipinski definition) is 0. The number of rotatable bonds is 10. The number of carbonyl (C=O) groups is 1. The minimum absolute atomic E-state index is 0.373. The van der Waals surface area contributed by atoms with Gasteiger partial charge in [0.05, 0.1) is 12.7 Å². The van der Waals surface area contributed by atoms with E-state index in [-0.39, 0.29) is 0 Å². The molecule has 0 saturated carbocycles. The molecule has 0 aliphatic carbocycles. The fourth-order valence-corrected chi connectivity index (χ4v) is 2.37. The molecule has 19 heavy (non-hydrogen) atoms. The second-order valence-electron chi connectivity index (χ2n) is 5.46. The summed E-state index contributed by atoms with van der Waals surface area (Å²) >= 11 is 0. The molecule has 1 saturated heterocycles. The summed E-state index contributed by atoms with van der Waals surface area (Å²) < 4.78 is 5.18. The monoisotopic (exact) mass is 260 g/mol. The van der Waals surface area contributed by atoms with Gasteiger partial charge in [-0.3, -0.25) is 4.79 Å². The topological polar surface area (TPSA) is 29.6 Å². The second-order valence-corrected chi connectivity index (χ2v) is 5.46. The van der Waals surface area contributed by atoms with Gasteiger partial charge in [0, 0.05) is 12.8 Å². The molecule has 1 aliphatic heterocycles. The Morgan fingerprint density at radius 2 is 1.74 bits per heavy atom. The molecule has 1 aromatic carbocycles. The molecule has 0 spiro atoms. The minimum atomic E-state index is 0.373. The summed E-state index contributed by atoms with van der Waals surface area (Å²) in [6, 6.07) is 10.0. The molecule has 1 atom stereocenters. The van der Waals surface area contributed by atoms with Gasteiger partial charge in [0.2, 0.25) is 0 Å². The summed E-state index contributed by atoms with van der Waals surface area (Å²) in [5, 5.41) is 0. The molecule has 1 aliphatic rings. The molecule has 0 N–H and O–H groups in total. The molecule has 1 unspecified atom stereocenters. The number of hydrogen-bond acceptors (Lipinski definition) is 2. The number of benzene rings is 1. The van der Waals surface area contributed by atoms with Crippen molar-refractivity contribution in [2.45, 2.75) is 57.5 Å². The van der Waals surface area contributed by atoms with E-state index in [1.807, 2.05) is 30.3 Å². The van der Waals surface area contributed by atoms with E-state index in [1.165, 1.54) is 32.1 Å². The summed E-state index contributed by atoms with van der Waals surface area (Å²) in [6.45, 7) is 0.980. The maximum atomic E-state index is 11.8. The van der Waals surface area contributed by atoms with E-state index in [9.17, 15) is 4.79 Å². The van der Waals surface area contributed by atoms with Crippen molar-refractivity contribution < 1.29 is 9.53 Å². The molecule has 0 radical (unpaired) electrons. The zero-order chi connectivity index (χ0) is 13.3. The van der Waals surface area contributed by atoms with Crippen molar-refractivity contribution in [3.05, 3.63) is 35.9 Å². The van der Waals surface area contributed by atoms with Gasteiger partial charge in [0.15, 0.2) is 0 Å². The van der Waals surface area contributed by atoms with E-state index in [0.29, 0.717) is 18.3 Å². The van der Waals surface area contributed by atoms with E-state index in [0.717, 1.165) is 25.0 Å². The Morgan fingerprint density at radius 1 is 1.05 bits per heavy atom. The molecule has 2 nitrogen and oxygen atoms in total. The first-order valence-electron chi connectivity index (χ1n) is 7.52. The van der Waals surface area contributed by atoms with Gasteiger partial charge in [-0.2, -0.15) is 0 Å². The van der Waals surface area contributed by atoms with Crippen molar-refractivity contribution in [1.29, 1.82) is 0 Å². The van der Waals surface area contributed by atoms with Crippen molar-refractivity contribution >= 4 is 5.78 Å². The number of Topliss-reactive ketones (excluding diaryl/α,β-unsaturated/α-hetero) is 1. The van der Waals surface area contributed by atoms with Gasteiger partial charge in [-0.05, 0) is 18.4 Å². The van der Waals surface area contributed by atoms with Crippen molar-refractivity contribution in [3.63, 3.8) is 0 Å². The lowest BCUT2D eigenvalue weighted by molar-refractivity contribution is -0.118. The largest absolute Gasteiger partial charge is 0.373 e. The van der Waals surface area contributed by atoms with Crippen LogP contribution >= 0.6 is 0 Å². The van der Waals surface area contributed by atoms with Gasteiger partial charge < -0.3 is 4.74 Å². The van der Waals surface area contributed by atoms with Crippen LogP contribution in [0.3, 0.4) is 0 Å². The third kappa shape index (κ3) is 6.53. The van der Waals surface area contributed by atoms with Crippen LogP contribution in [0, 0.1) is 0 Å². The molecule has 0 amide bonds. The number of carbonyl (C=O) groups excluding carboxylic acids is 1. The highest BCUT2D eigenvalue weighted by Crippen LogP contribution is 2.18. The van der Waals surface area contributed by atoms with Crippen LogP contribution in [0.4, 0.5) is 0 Å². The minimum Gasteiger partial charge on any atom is -0.373 e. The Labute approximate surface area is 116 Å². The zero-order valence-electron chi connectivity index (χ0n) is 11.6. The number of ether oxygens (including phenoxy) is 1. The average molecular weight is 260 g/mol. The Morgan fingerprint density at radius 3 is 2.47 bits per heavy atom. The van der Waals surface area contributed by atoms with Crippen LogP contribution in [0.15, 0.2) is 30.3 Å². The molecule has 2 rings (SSSR count). The standard InChI is InChI=1S/C17H24O2/c18-16(13-15-9-5-4-6-10-15)11-7-2-1-3-8-12-17-14-19-17/h4-6,9-10,17H,1-3,7-8,11-14H2. The number of unbranched alkanes of at least 4 members (excludes halogenated alkanes) is 4. The van der Waals surface area contributed by atoms with Gasteiger partial charge in [-0.15, -0.1) is 0 Å². The Balaban J connectivity index is 1.44. The van der Waals surface area contributed by atoms with Gasteiger partial charge in [0.1, 0.15) is 5.78 Å². The average Bonchev–Trinajstić information content (AvgIpc) is 3.23. The third-order valence-corrected chi connectivity index (χ3v) is 3.63. The molecular formula is C17H24O2. The van der Waals surface area contributed by atoms with E-state index < -0.39 is 0 Å². The molecule has 0 aromatic heterocycles. The van der Waals surface area contributed by atoms with E-state index in [2.05, 4.69) is 0 Å². The third-order valence-electron chi connectivity index (χ3n) is 3.63. The summed E-state index contributed by atoms with van der Waals surface area (Å²) in [5.41, 5.74) is 1.14. The highest BCUT2D eigenvalue weighted by Gasteiger charge is 2.20. The smallest absolute Gasteiger partial charge is 0.137 e. The normalized spacial score (nSPS) is 17.4. The van der Waals surface area contributed by atoms with Crippen LogP contribution < -0.4 is 0 Å². The predicted molar refractivity (Wildman–Crippen MR) is 77.2 cm³/mol. The van der Waals surface area contributed by atoms with Gasteiger partial charge in [0.25, 0.3) is 0 Å². The zero-order valence-corrected chi connectivity index (χ0v) is 11.6. The molecule has 2 heteroatoms. The maximum Gasteiger partial charge on any atom is 0.137 e. The summed E-state index contributed by atoms with van der Waals surface area (Å²) in [6.07, 6.45) is 9.19. The fraction of sp³-hybridized carbons (Fsp3) is 0.588. The summed E-state index contributed by atoms with van der Waals surface area (Å²) in [5.74, 6) is 0.373. The van der Waals surface area contributed by atoms with Crippen LogP contribution in [0.5, 0.6) is 0 Å². The first-order valence-corrected chi connectivity index (χ1v) is 7.52. The van der Waals surface area contributed by atoms with Crippen LogP contribution in [-0.2, 0) is 16.0 Å². The first kappa shape index (κ1) is 14.3. The molecular weight excluding hydrogens is 236 g/mol. The van der Waals surface area contributed by atoms with Gasteiger partial charge in [-0.25, -0.2) is 0 Å². The van der Waals surface area contributed by atoms with E-state index in [4.69, 9.17) is 4.74 Å². The lowest BCUT2D eigenvalue weighted by Crippen LogP contribution is -2.02. The highest BCUT2D eigenvalue weighted by molar-refractivity contribution is 5.80. The van der Waals surface area contributed by atoms with Crippen molar-refractivity contribution in [2.24, 2.45) is 0 Å². The second kappa shape index (κ2) is 8.11. The van der Waals surface area contributed by atoms with Crippen molar-refractivity contribution in [1.82, 2.24) is 0 Å². The van der Waals surface area contributed by atoms with Gasteiger partial charge >= 0.3 is 0 Å².